The van der Waals surface area contributed by atoms with E-state index < -0.39 is 23.9 Å². The molecule has 2 rings (SSSR count). The minimum Gasteiger partial charge on any atom is -0.391 e. The molecule has 2 atom stereocenters. The smallest absolute Gasteiger partial charge is 0.391 e. The van der Waals surface area contributed by atoms with Crippen LogP contribution in [-0.2, 0) is 6.18 Å². The molecular formula is C15H21ClF3NO. The summed E-state index contributed by atoms with van der Waals surface area (Å²) in [5, 5.41) is 10.3. The molecule has 120 valence electrons. The molecule has 0 bridgehead atoms. The van der Waals surface area contributed by atoms with Crippen LogP contribution in [0.2, 0.25) is 0 Å². The number of aliphatic hydroxyl groups excluding tert-OH is 1. The number of aliphatic hydroxyl groups is 1. The summed E-state index contributed by atoms with van der Waals surface area (Å²) in [5.41, 5.74) is 5.15. The molecule has 0 aliphatic heterocycles. The second-order valence-electron chi connectivity index (χ2n) is 5.50. The van der Waals surface area contributed by atoms with E-state index in [-0.39, 0.29) is 23.9 Å². The first-order valence-corrected chi connectivity index (χ1v) is 7.01. The Kier molecular flexibility index (Phi) is 6.50. The second-order valence-corrected chi connectivity index (χ2v) is 5.50. The summed E-state index contributed by atoms with van der Waals surface area (Å²) >= 11 is 0. The highest BCUT2D eigenvalue weighted by molar-refractivity contribution is 5.85. The third-order valence-electron chi connectivity index (χ3n) is 4.13. The Bertz CT molecular complexity index is 447. The average Bonchev–Trinajstić information content (AvgIpc) is 2.46. The summed E-state index contributed by atoms with van der Waals surface area (Å²) in [6, 6.07) is 4.25. The lowest BCUT2D eigenvalue weighted by molar-refractivity contribution is -0.138. The van der Waals surface area contributed by atoms with Gasteiger partial charge < -0.3 is 10.8 Å². The largest absolute Gasteiger partial charge is 0.416 e. The lowest BCUT2D eigenvalue weighted by atomic mass is 9.80. The molecule has 3 N–H and O–H groups in total. The van der Waals surface area contributed by atoms with Gasteiger partial charge in [0.1, 0.15) is 0 Å². The molecule has 1 saturated carbocycles. The van der Waals surface area contributed by atoms with Gasteiger partial charge in [-0.1, -0.05) is 37.5 Å². The summed E-state index contributed by atoms with van der Waals surface area (Å²) in [4.78, 5) is 0. The Morgan fingerprint density at radius 1 is 1.10 bits per heavy atom. The minimum atomic E-state index is -4.44. The van der Waals surface area contributed by atoms with E-state index >= 15 is 0 Å². The molecule has 0 radical (unpaired) electrons. The molecule has 1 aromatic carbocycles. The van der Waals surface area contributed by atoms with E-state index in [0.29, 0.717) is 0 Å². The third-order valence-corrected chi connectivity index (χ3v) is 4.13. The quantitative estimate of drug-likeness (QED) is 0.881. The fraction of sp³-hybridized carbons (Fsp3) is 0.600. The van der Waals surface area contributed by atoms with Gasteiger partial charge in [-0.3, -0.25) is 0 Å². The molecule has 0 amide bonds. The van der Waals surface area contributed by atoms with Gasteiger partial charge in [0, 0.05) is 0 Å². The first-order valence-electron chi connectivity index (χ1n) is 7.01. The van der Waals surface area contributed by atoms with Crippen LogP contribution in [0.1, 0.15) is 49.3 Å². The van der Waals surface area contributed by atoms with Crippen molar-refractivity contribution in [1.29, 1.82) is 0 Å². The highest BCUT2D eigenvalue weighted by atomic mass is 35.5. The molecule has 1 aromatic rings. The molecule has 0 aromatic heterocycles. The third kappa shape index (κ3) is 4.34. The van der Waals surface area contributed by atoms with E-state index in [1.807, 2.05) is 0 Å². The maximum atomic E-state index is 13.0. The SMILES string of the molecule is Cl.N[C@@H](c1ccccc1C(F)(F)F)[C@H](O)C1CCCCC1. The summed E-state index contributed by atoms with van der Waals surface area (Å²) in [7, 11) is 0. The van der Waals surface area contributed by atoms with Crippen molar-refractivity contribution >= 4 is 12.4 Å². The van der Waals surface area contributed by atoms with Crippen LogP contribution in [0.25, 0.3) is 0 Å². The van der Waals surface area contributed by atoms with Gasteiger partial charge in [0.25, 0.3) is 0 Å². The van der Waals surface area contributed by atoms with Gasteiger partial charge in [-0.2, -0.15) is 13.2 Å². The van der Waals surface area contributed by atoms with Crippen LogP contribution in [-0.4, -0.2) is 11.2 Å². The zero-order valence-electron chi connectivity index (χ0n) is 11.6. The van der Waals surface area contributed by atoms with Gasteiger partial charge in [-0.05, 0) is 30.4 Å². The van der Waals surface area contributed by atoms with Gasteiger partial charge in [0.2, 0.25) is 0 Å². The fourth-order valence-electron chi connectivity index (χ4n) is 3.00. The fourth-order valence-corrected chi connectivity index (χ4v) is 3.00. The van der Waals surface area contributed by atoms with Gasteiger partial charge in [-0.15, -0.1) is 12.4 Å². The van der Waals surface area contributed by atoms with Gasteiger partial charge >= 0.3 is 6.18 Å². The Hall–Kier alpha value is -0.780. The van der Waals surface area contributed by atoms with Crippen LogP contribution in [0.5, 0.6) is 0 Å². The van der Waals surface area contributed by atoms with Crippen molar-refractivity contribution in [2.24, 2.45) is 11.7 Å². The number of halogens is 4. The Balaban J connectivity index is 0.00000220. The maximum absolute atomic E-state index is 13.0. The van der Waals surface area contributed by atoms with Crippen LogP contribution in [0.4, 0.5) is 13.2 Å². The predicted molar refractivity (Wildman–Crippen MR) is 78.2 cm³/mol. The molecule has 0 unspecified atom stereocenters. The van der Waals surface area contributed by atoms with Crippen molar-refractivity contribution < 1.29 is 18.3 Å². The lowest BCUT2D eigenvalue weighted by Crippen LogP contribution is -2.35. The Morgan fingerprint density at radius 2 is 1.67 bits per heavy atom. The maximum Gasteiger partial charge on any atom is 0.416 e. The van der Waals surface area contributed by atoms with Crippen molar-refractivity contribution in [3.8, 4) is 0 Å². The highest BCUT2D eigenvalue weighted by Gasteiger charge is 2.37. The van der Waals surface area contributed by atoms with Crippen molar-refractivity contribution in [2.45, 2.75) is 50.4 Å². The molecule has 1 aliphatic carbocycles. The average molecular weight is 324 g/mol. The number of rotatable bonds is 3. The van der Waals surface area contributed by atoms with Crippen molar-refractivity contribution in [1.82, 2.24) is 0 Å². The first kappa shape index (κ1) is 18.3. The van der Waals surface area contributed by atoms with E-state index in [9.17, 15) is 18.3 Å². The summed E-state index contributed by atoms with van der Waals surface area (Å²) in [6.45, 7) is 0. The highest BCUT2D eigenvalue weighted by Crippen LogP contribution is 2.37. The Morgan fingerprint density at radius 3 is 2.24 bits per heavy atom. The molecule has 2 nitrogen and oxygen atoms in total. The molecule has 1 fully saturated rings. The summed E-state index contributed by atoms with van der Waals surface area (Å²) < 4.78 is 38.9. The molecule has 0 spiro atoms. The Labute approximate surface area is 128 Å². The van der Waals surface area contributed by atoms with Crippen LogP contribution in [0.15, 0.2) is 24.3 Å². The molecule has 6 heteroatoms. The van der Waals surface area contributed by atoms with Gasteiger partial charge in [0.15, 0.2) is 0 Å². The van der Waals surface area contributed by atoms with E-state index in [1.165, 1.54) is 18.2 Å². The molecule has 0 heterocycles. The number of hydrogen-bond donors (Lipinski definition) is 2. The summed E-state index contributed by atoms with van der Waals surface area (Å²) in [6.07, 6.45) is -0.548. The van der Waals surface area contributed by atoms with E-state index in [1.54, 1.807) is 0 Å². The van der Waals surface area contributed by atoms with E-state index in [0.717, 1.165) is 38.2 Å². The minimum absolute atomic E-state index is 0. The predicted octanol–water partition coefficient (Wildman–Crippen LogP) is 4.07. The van der Waals surface area contributed by atoms with Crippen LogP contribution in [0, 0.1) is 5.92 Å². The number of hydrogen-bond acceptors (Lipinski definition) is 2. The molecule has 21 heavy (non-hydrogen) atoms. The molecular weight excluding hydrogens is 303 g/mol. The first-order chi connectivity index (χ1) is 9.41. The van der Waals surface area contributed by atoms with Crippen molar-refractivity contribution in [3.63, 3.8) is 0 Å². The standard InChI is InChI=1S/C15H20F3NO.ClH/c16-15(17,18)12-9-5-4-8-11(12)13(19)14(20)10-6-2-1-3-7-10;/h4-5,8-10,13-14,20H,1-3,6-7,19H2;1H/t13-,14+;/m0./s1. The summed E-state index contributed by atoms with van der Waals surface area (Å²) in [5.74, 6) is 0.0000368. The van der Waals surface area contributed by atoms with Crippen LogP contribution < -0.4 is 5.73 Å². The van der Waals surface area contributed by atoms with Crippen molar-refractivity contribution in [3.05, 3.63) is 35.4 Å². The lowest BCUT2D eigenvalue weighted by Gasteiger charge is -2.31. The van der Waals surface area contributed by atoms with Crippen LogP contribution >= 0.6 is 12.4 Å². The molecule has 0 saturated heterocycles. The zero-order chi connectivity index (χ0) is 14.8. The van der Waals surface area contributed by atoms with Gasteiger partial charge in [0.05, 0.1) is 17.7 Å². The molecule has 1 aliphatic rings. The van der Waals surface area contributed by atoms with Crippen molar-refractivity contribution in [2.75, 3.05) is 0 Å². The van der Waals surface area contributed by atoms with Crippen LogP contribution in [0.3, 0.4) is 0 Å². The zero-order valence-corrected chi connectivity index (χ0v) is 12.5. The van der Waals surface area contributed by atoms with E-state index in [2.05, 4.69) is 0 Å². The number of alkyl halides is 3. The topological polar surface area (TPSA) is 46.2 Å². The number of benzene rings is 1. The second kappa shape index (κ2) is 7.47. The normalized spacial score (nSPS) is 19.7. The number of nitrogens with two attached hydrogens (primary N) is 1. The monoisotopic (exact) mass is 323 g/mol. The van der Waals surface area contributed by atoms with E-state index in [4.69, 9.17) is 5.73 Å². The van der Waals surface area contributed by atoms with Gasteiger partial charge in [-0.25, -0.2) is 0 Å².